The van der Waals surface area contributed by atoms with Crippen molar-refractivity contribution >= 4 is 23.4 Å². The van der Waals surface area contributed by atoms with Crippen LogP contribution in [0.4, 0.5) is 5.69 Å². The van der Waals surface area contributed by atoms with Crippen LogP contribution in [-0.4, -0.2) is 43.5 Å². The molecule has 0 aliphatic carbocycles. The molecule has 1 amide bonds. The maximum absolute atomic E-state index is 13.0. The second-order valence-corrected chi connectivity index (χ2v) is 9.25. The van der Waals surface area contributed by atoms with Gasteiger partial charge >= 0.3 is 0 Å². The summed E-state index contributed by atoms with van der Waals surface area (Å²) >= 11 is 1.80. The lowest BCUT2D eigenvalue weighted by molar-refractivity contribution is -0.123. The lowest BCUT2D eigenvalue weighted by Crippen LogP contribution is -2.50. The lowest BCUT2D eigenvalue weighted by atomic mass is 9.99. The van der Waals surface area contributed by atoms with E-state index in [-0.39, 0.29) is 11.9 Å². The minimum atomic E-state index is 0.00505. The van der Waals surface area contributed by atoms with Crippen molar-refractivity contribution in [2.45, 2.75) is 22.3 Å². The molecule has 1 fully saturated rings. The van der Waals surface area contributed by atoms with Gasteiger partial charge < -0.3 is 10.2 Å². The van der Waals surface area contributed by atoms with Gasteiger partial charge in [0.2, 0.25) is 5.91 Å². The fraction of sp³-hybridized carbons (Fsp3) is 0.269. The Morgan fingerprint density at radius 3 is 2.32 bits per heavy atom. The summed E-state index contributed by atoms with van der Waals surface area (Å²) in [5.74, 6) is 0.109. The second-order valence-electron chi connectivity index (χ2n) is 8.17. The van der Waals surface area contributed by atoms with Crippen molar-refractivity contribution in [3.05, 3.63) is 90.0 Å². The van der Waals surface area contributed by atoms with Gasteiger partial charge in [0.15, 0.2) is 0 Å². The molecule has 5 rings (SSSR count). The summed E-state index contributed by atoms with van der Waals surface area (Å²) in [6.07, 6.45) is 0.827. The molecular formula is C26H27N3OS. The zero-order chi connectivity index (χ0) is 21.0. The maximum atomic E-state index is 13.0. The van der Waals surface area contributed by atoms with E-state index in [4.69, 9.17) is 0 Å². The standard InChI is InChI=1S/C26H27N3OS/c30-26(19-28-14-16-29(17-15-28)21-9-2-1-3-10-21)27-23-18-20-8-4-6-12-24(20)31-25-13-7-5-11-22(23)25/h1-13,23H,14-19H2,(H,27,30)/t23-/m0/s1. The number of carbonyl (C=O) groups is 1. The molecule has 0 bridgehead atoms. The van der Waals surface area contributed by atoms with Gasteiger partial charge in [-0.05, 0) is 41.8 Å². The first-order chi connectivity index (χ1) is 15.3. The highest BCUT2D eigenvalue weighted by molar-refractivity contribution is 7.99. The molecule has 31 heavy (non-hydrogen) atoms. The third kappa shape index (κ3) is 4.63. The Bertz CT molecular complexity index is 1050. The third-order valence-corrected chi connectivity index (χ3v) is 7.32. The molecule has 1 atom stereocenters. The number of piperazine rings is 1. The smallest absolute Gasteiger partial charge is 0.234 e. The number of anilines is 1. The number of para-hydroxylation sites is 1. The van der Waals surface area contributed by atoms with Crippen molar-refractivity contribution in [1.82, 2.24) is 10.2 Å². The Labute approximate surface area is 188 Å². The first kappa shape index (κ1) is 20.2. The molecule has 158 valence electrons. The van der Waals surface area contributed by atoms with Crippen LogP contribution >= 0.6 is 11.8 Å². The van der Waals surface area contributed by atoms with Crippen molar-refractivity contribution in [3.8, 4) is 0 Å². The third-order valence-electron chi connectivity index (χ3n) is 6.11. The number of nitrogens with zero attached hydrogens (tertiary/aromatic N) is 2. The zero-order valence-corrected chi connectivity index (χ0v) is 18.4. The van der Waals surface area contributed by atoms with Crippen LogP contribution in [0.3, 0.4) is 0 Å². The van der Waals surface area contributed by atoms with Crippen molar-refractivity contribution in [3.63, 3.8) is 0 Å². The molecule has 4 nitrogen and oxygen atoms in total. The van der Waals surface area contributed by atoms with Crippen LogP contribution in [0.25, 0.3) is 0 Å². The number of rotatable bonds is 4. The predicted molar refractivity (Wildman–Crippen MR) is 127 cm³/mol. The Balaban J connectivity index is 1.23. The van der Waals surface area contributed by atoms with E-state index < -0.39 is 0 Å². The molecule has 0 saturated carbocycles. The van der Waals surface area contributed by atoms with E-state index in [1.165, 1.54) is 26.6 Å². The molecule has 3 aromatic rings. The summed E-state index contributed by atoms with van der Waals surface area (Å²) < 4.78 is 0. The van der Waals surface area contributed by atoms with Gasteiger partial charge in [0.1, 0.15) is 0 Å². The number of amides is 1. The molecule has 3 aromatic carbocycles. The molecule has 0 aromatic heterocycles. The van der Waals surface area contributed by atoms with Gasteiger partial charge in [-0.15, -0.1) is 0 Å². The SMILES string of the molecule is O=C(CN1CCN(c2ccccc2)CC1)N[C@H]1Cc2ccccc2Sc2ccccc21. The molecule has 1 N–H and O–H groups in total. The van der Waals surface area contributed by atoms with Gasteiger partial charge in [0.25, 0.3) is 0 Å². The van der Waals surface area contributed by atoms with E-state index >= 15 is 0 Å². The van der Waals surface area contributed by atoms with E-state index in [1.807, 2.05) is 6.07 Å². The Morgan fingerprint density at radius 1 is 0.839 bits per heavy atom. The molecule has 0 spiro atoms. The summed E-state index contributed by atoms with van der Waals surface area (Å²) in [6.45, 7) is 4.17. The highest BCUT2D eigenvalue weighted by Crippen LogP contribution is 2.40. The number of nitrogens with one attached hydrogen (secondary N) is 1. The van der Waals surface area contributed by atoms with Gasteiger partial charge in [-0.2, -0.15) is 0 Å². The number of fused-ring (bicyclic) bond motifs is 2. The van der Waals surface area contributed by atoms with E-state index in [1.54, 1.807) is 11.8 Å². The average molecular weight is 430 g/mol. The summed E-state index contributed by atoms with van der Waals surface area (Å²) in [7, 11) is 0. The monoisotopic (exact) mass is 429 g/mol. The van der Waals surface area contributed by atoms with Crippen LogP contribution in [-0.2, 0) is 11.2 Å². The summed E-state index contributed by atoms with van der Waals surface area (Å²) in [6, 6.07) is 27.5. The average Bonchev–Trinajstić information content (AvgIpc) is 2.96. The normalized spacial score (nSPS) is 18.6. The van der Waals surface area contributed by atoms with Gasteiger partial charge in [-0.1, -0.05) is 66.4 Å². The summed E-state index contributed by atoms with van der Waals surface area (Å²) in [5.41, 5.74) is 3.77. The minimum absolute atomic E-state index is 0.00505. The molecule has 2 aliphatic heterocycles. The molecule has 0 radical (unpaired) electrons. The fourth-order valence-electron chi connectivity index (χ4n) is 4.46. The first-order valence-electron chi connectivity index (χ1n) is 10.9. The minimum Gasteiger partial charge on any atom is -0.369 e. The zero-order valence-electron chi connectivity index (χ0n) is 17.5. The topological polar surface area (TPSA) is 35.6 Å². The summed E-state index contributed by atoms with van der Waals surface area (Å²) in [5, 5.41) is 3.34. The van der Waals surface area contributed by atoms with Gasteiger partial charge in [0.05, 0.1) is 12.6 Å². The Hall–Kier alpha value is -2.76. The lowest BCUT2D eigenvalue weighted by Gasteiger charge is -2.36. The highest BCUT2D eigenvalue weighted by atomic mass is 32.2. The van der Waals surface area contributed by atoms with E-state index in [0.717, 1.165) is 32.6 Å². The molecule has 5 heteroatoms. The van der Waals surface area contributed by atoms with Gasteiger partial charge in [0, 0.05) is 41.7 Å². The van der Waals surface area contributed by atoms with Crippen LogP contribution in [0.1, 0.15) is 17.2 Å². The number of carbonyl (C=O) groups excluding carboxylic acids is 1. The quantitative estimate of drug-likeness (QED) is 0.668. The van der Waals surface area contributed by atoms with Crippen LogP contribution in [0, 0.1) is 0 Å². The fourth-order valence-corrected chi connectivity index (χ4v) is 5.60. The number of hydrogen-bond acceptors (Lipinski definition) is 4. The maximum Gasteiger partial charge on any atom is 0.234 e. The second kappa shape index (κ2) is 9.16. The Morgan fingerprint density at radius 2 is 1.52 bits per heavy atom. The van der Waals surface area contributed by atoms with Crippen molar-refractivity contribution in [1.29, 1.82) is 0 Å². The van der Waals surface area contributed by atoms with Gasteiger partial charge in [-0.25, -0.2) is 0 Å². The molecule has 0 unspecified atom stereocenters. The summed E-state index contributed by atoms with van der Waals surface area (Å²) in [4.78, 5) is 20.2. The molecule has 1 saturated heterocycles. The van der Waals surface area contributed by atoms with Crippen molar-refractivity contribution in [2.75, 3.05) is 37.6 Å². The van der Waals surface area contributed by atoms with Crippen molar-refractivity contribution < 1.29 is 4.79 Å². The largest absolute Gasteiger partial charge is 0.369 e. The van der Waals surface area contributed by atoms with E-state index in [0.29, 0.717) is 6.54 Å². The Kier molecular flexibility index (Phi) is 5.96. The van der Waals surface area contributed by atoms with Crippen LogP contribution in [0.5, 0.6) is 0 Å². The van der Waals surface area contributed by atoms with Crippen LogP contribution in [0.2, 0.25) is 0 Å². The van der Waals surface area contributed by atoms with Crippen LogP contribution < -0.4 is 10.2 Å². The number of hydrogen-bond donors (Lipinski definition) is 1. The van der Waals surface area contributed by atoms with Gasteiger partial charge in [-0.3, -0.25) is 9.69 Å². The van der Waals surface area contributed by atoms with Crippen molar-refractivity contribution in [2.24, 2.45) is 0 Å². The van der Waals surface area contributed by atoms with E-state index in [9.17, 15) is 4.79 Å². The number of benzene rings is 3. The highest BCUT2D eigenvalue weighted by Gasteiger charge is 2.25. The van der Waals surface area contributed by atoms with Crippen LogP contribution in [0.15, 0.2) is 88.7 Å². The molecule has 2 heterocycles. The molecular weight excluding hydrogens is 402 g/mol. The first-order valence-corrected chi connectivity index (χ1v) is 11.7. The van der Waals surface area contributed by atoms with E-state index in [2.05, 4.69) is 87.9 Å². The predicted octanol–water partition coefficient (Wildman–Crippen LogP) is 4.37. The molecule has 2 aliphatic rings.